The molecule has 1 amide bonds. The van der Waals surface area contributed by atoms with Crippen LogP contribution < -0.4 is 11.1 Å². The van der Waals surface area contributed by atoms with Gasteiger partial charge in [0, 0.05) is 12.1 Å². The van der Waals surface area contributed by atoms with Crippen LogP contribution >= 0.6 is 0 Å². The minimum atomic E-state index is -0.822. The van der Waals surface area contributed by atoms with E-state index in [9.17, 15) is 4.79 Å². The molecule has 2 rings (SSSR count). The lowest BCUT2D eigenvalue weighted by atomic mass is 9.87. The molecule has 21 heavy (non-hydrogen) atoms. The molecule has 0 spiro atoms. The summed E-state index contributed by atoms with van der Waals surface area (Å²) in [7, 11) is 0. The van der Waals surface area contributed by atoms with Gasteiger partial charge in [-0.15, -0.1) is 0 Å². The van der Waals surface area contributed by atoms with Crippen molar-refractivity contribution in [2.24, 2.45) is 5.73 Å². The maximum Gasteiger partial charge on any atom is 0.243 e. The lowest BCUT2D eigenvalue weighted by molar-refractivity contribution is -0.126. The van der Waals surface area contributed by atoms with Crippen molar-refractivity contribution >= 4 is 5.91 Å². The molecule has 1 aromatic rings. The third-order valence-electron chi connectivity index (χ3n) is 4.67. The third kappa shape index (κ3) is 3.11. The Morgan fingerprint density at radius 2 is 2.05 bits per heavy atom. The monoisotopic (exact) mass is 289 g/mol. The van der Waals surface area contributed by atoms with E-state index in [-0.39, 0.29) is 11.4 Å². The van der Waals surface area contributed by atoms with Crippen LogP contribution in [0, 0.1) is 0 Å². The number of primary amides is 1. The number of carbonyl (C=O) groups excluding carboxylic acids is 1. The summed E-state index contributed by atoms with van der Waals surface area (Å²) in [5.41, 5.74) is 6.07. The molecule has 1 heterocycles. The Morgan fingerprint density at radius 3 is 2.52 bits per heavy atom. The van der Waals surface area contributed by atoms with Gasteiger partial charge < -0.3 is 5.73 Å². The largest absolute Gasteiger partial charge is 0.368 e. The smallest absolute Gasteiger partial charge is 0.243 e. The summed E-state index contributed by atoms with van der Waals surface area (Å²) < 4.78 is 0. The van der Waals surface area contributed by atoms with Gasteiger partial charge in [-0.05, 0) is 45.3 Å². The van der Waals surface area contributed by atoms with E-state index in [1.165, 1.54) is 6.42 Å². The number of nitrogens with one attached hydrogen (secondary N) is 1. The zero-order valence-corrected chi connectivity index (χ0v) is 13.4. The highest BCUT2D eigenvalue weighted by Crippen LogP contribution is 2.32. The molecule has 1 aliphatic rings. The first-order valence-corrected chi connectivity index (χ1v) is 7.78. The SMILES string of the molecule is CCNC(CN1CCCC1(C)C)(C(N)=O)c1ccccc1. The zero-order valence-electron chi connectivity index (χ0n) is 13.4. The van der Waals surface area contributed by atoms with Crippen LogP contribution in [0.15, 0.2) is 30.3 Å². The minimum Gasteiger partial charge on any atom is -0.368 e. The summed E-state index contributed by atoms with van der Waals surface area (Å²) in [5, 5.41) is 3.36. The number of likely N-dealkylation sites (tertiary alicyclic amines) is 1. The Labute approximate surface area is 127 Å². The molecule has 0 bridgehead atoms. The van der Waals surface area contributed by atoms with Gasteiger partial charge in [0.05, 0.1) is 0 Å². The first-order valence-electron chi connectivity index (χ1n) is 7.78. The maximum absolute atomic E-state index is 12.3. The highest BCUT2D eigenvalue weighted by atomic mass is 16.1. The van der Waals surface area contributed by atoms with Crippen LogP contribution in [0.2, 0.25) is 0 Å². The Kier molecular flexibility index (Phi) is 4.69. The molecule has 1 saturated heterocycles. The zero-order chi connectivity index (χ0) is 15.5. The number of rotatable bonds is 6. The van der Waals surface area contributed by atoms with E-state index >= 15 is 0 Å². The first kappa shape index (κ1) is 16.0. The van der Waals surface area contributed by atoms with Crippen molar-refractivity contribution < 1.29 is 4.79 Å². The number of likely N-dealkylation sites (N-methyl/N-ethyl adjacent to an activating group) is 1. The molecule has 4 heteroatoms. The van der Waals surface area contributed by atoms with Crippen molar-refractivity contribution in [1.29, 1.82) is 0 Å². The number of nitrogens with two attached hydrogens (primary N) is 1. The molecule has 1 aliphatic heterocycles. The highest BCUT2D eigenvalue weighted by Gasteiger charge is 2.43. The normalized spacial score (nSPS) is 21.1. The molecule has 0 aliphatic carbocycles. The fourth-order valence-corrected chi connectivity index (χ4v) is 3.32. The van der Waals surface area contributed by atoms with Gasteiger partial charge in [0.1, 0.15) is 5.54 Å². The summed E-state index contributed by atoms with van der Waals surface area (Å²) in [6, 6.07) is 9.84. The van der Waals surface area contributed by atoms with Crippen LogP contribution in [0.25, 0.3) is 0 Å². The van der Waals surface area contributed by atoms with Crippen LogP contribution in [0.3, 0.4) is 0 Å². The molecule has 1 atom stereocenters. The maximum atomic E-state index is 12.3. The molecule has 1 fully saturated rings. The van der Waals surface area contributed by atoms with Crippen molar-refractivity contribution in [1.82, 2.24) is 10.2 Å². The van der Waals surface area contributed by atoms with E-state index in [0.717, 1.165) is 18.5 Å². The van der Waals surface area contributed by atoms with Gasteiger partial charge in [0.2, 0.25) is 5.91 Å². The molecular formula is C17H27N3O. The van der Waals surface area contributed by atoms with Crippen molar-refractivity contribution in [3.05, 3.63) is 35.9 Å². The molecular weight excluding hydrogens is 262 g/mol. The van der Waals surface area contributed by atoms with E-state index < -0.39 is 5.54 Å². The van der Waals surface area contributed by atoms with E-state index in [4.69, 9.17) is 5.73 Å². The minimum absolute atomic E-state index is 0.116. The second-order valence-corrected chi connectivity index (χ2v) is 6.50. The van der Waals surface area contributed by atoms with Gasteiger partial charge in [-0.1, -0.05) is 37.3 Å². The third-order valence-corrected chi connectivity index (χ3v) is 4.67. The van der Waals surface area contributed by atoms with Gasteiger partial charge in [-0.3, -0.25) is 15.0 Å². The Bertz CT molecular complexity index is 486. The second kappa shape index (κ2) is 6.16. The number of benzene rings is 1. The summed E-state index contributed by atoms with van der Waals surface area (Å²) in [6.45, 7) is 8.82. The van der Waals surface area contributed by atoms with E-state index in [1.54, 1.807) is 0 Å². The van der Waals surface area contributed by atoms with Gasteiger partial charge in [0.15, 0.2) is 0 Å². The average Bonchev–Trinajstić information content (AvgIpc) is 2.78. The molecule has 0 aromatic heterocycles. The molecule has 1 aromatic carbocycles. The molecule has 0 radical (unpaired) electrons. The van der Waals surface area contributed by atoms with E-state index in [0.29, 0.717) is 13.1 Å². The Balaban J connectivity index is 2.38. The van der Waals surface area contributed by atoms with Crippen LogP contribution in [-0.2, 0) is 10.3 Å². The van der Waals surface area contributed by atoms with Gasteiger partial charge >= 0.3 is 0 Å². The lowest BCUT2D eigenvalue weighted by Crippen LogP contribution is -2.60. The molecule has 1 unspecified atom stereocenters. The fraction of sp³-hybridized carbons (Fsp3) is 0.588. The molecule has 116 valence electrons. The van der Waals surface area contributed by atoms with Crippen LogP contribution in [-0.4, -0.2) is 36.0 Å². The fourth-order valence-electron chi connectivity index (χ4n) is 3.32. The molecule has 0 saturated carbocycles. The van der Waals surface area contributed by atoms with Crippen molar-refractivity contribution in [2.45, 2.75) is 44.7 Å². The van der Waals surface area contributed by atoms with Crippen LogP contribution in [0.4, 0.5) is 0 Å². The van der Waals surface area contributed by atoms with Gasteiger partial charge in [0.25, 0.3) is 0 Å². The van der Waals surface area contributed by atoms with Crippen LogP contribution in [0.5, 0.6) is 0 Å². The highest BCUT2D eigenvalue weighted by molar-refractivity contribution is 5.86. The lowest BCUT2D eigenvalue weighted by Gasteiger charge is -2.41. The standard InChI is InChI=1S/C17H27N3O/c1-4-19-17(15(18)21,14-9-6-5-7-10-14)13-20-12-8-11-16(20,2)3/h5-7,9-10,19H,4,8,11-13H2,1-3H3,(H2,18,21). The summed E-state index contributed by atoms with van der Waals surface area (Å²) in [6.07, 6.45) is 2.32. The number of hydrogen-bond acceptors (Lipinski definition) is 3. The Morgan fingerprint density at radius 1 is 1.38 bits per heavy atom. The van der Waals surface area contributed by atoms with Crippen molar-refractivity contribution in [3.8, 4) is 0 Å². The van der Waals surface area contributed by atoms with E-state index in [1.807, 2.05) is 37.3 Å². The quantitative estimate of drug-likeness (QED) is 0.840. The topological polar surface area (TPSA) is 58.4 Å². The van der Waals surface area contributed by atoms with Gasteiger partial charge in [-0.25, -0.2) is 0 Å². The first-order chi connectivity index (χ1) is 9.92. The predicted octanol–water partition coefficient (Wildman–Crippen LogP) is 1.85. The van der Waals surface area contributed by atoms with Crippen molar-refractivity contribution in [2.75, 3.05) is 19.6 Å². The second-order valence-electron chi connectivity index (χ2n) is 6.50. The van der Waals surface area contributed by atoms with Gasteiger partial charge in [-0.2, -0.15) is 0 Å². The summed E-state index contributed by atoms with van der Waals surface area (Å²) in [5.74, 6) is -0.307. The number of nitrogens with zero attached hydrogens (tertiary/aromatic N) is 1. The van der Waals surface area contributed by atoms with Crippen molar-refractivity contribution in [3.63, 3.8) is 0 Å². The summed E-state index contributed by atoms with van der Waals surface area (Å²) in [4.78, 5) is 14.7. The number of hydrogen-bond donors (Lipinski definition) is 2. The number of carbonyl (C=O) groups is 1. The molecule has 4 nitrogen and oxygen atoms in total. The number of amides is 1. The predicted molar refractivity (Wildman–Crippen MR) is 85.9 cm³/mol. The van der Waals surface area contributed by atoms with E-state index in [2.05, 4.69) is 24.1 Å². The molecule has 3 N–H and O–H groups in total. The average molecular weight is 289 g/mol. The summed E-state index contributed by atoms with van der Waals surface area (Å²) >= 11 is 0. The van der Waals surface area contributed by atoms with Crippen LogP contribution in [0.1, 0.15) is 39.2 Å². The Hall–Kier alpha value is -1.39.